The fourth-order valence-corrected chi connectivity index (χ4v) is 4.70. The first-order valence-electron chi connectivity index (χ1n) is 5.78. The zero-order chi connectivity index (χ0) is 13.0. The molecule has 0 saturated carbocycles. The van der Waals surface area contributed by atoms with E-state index >= 15 is 0 Å². The number of hydrogen-bond acceptors (Lipinski definition) is 3. The summed E-state index contributed by atoms with van der Waals surface area (Å²) in [5.41, 5.74) is 0. The molecule has 0 aliphatic carbocycles. The summed E-state index contributed by atoms with van der Waals surface area (Å²) in [6, 6.07) is 14.5. The standard InChI is InChI=1S/C14H16O3Si/c1-17-10-18(13-8-4-2-6-11(13)15)14-9-5-3-7-12(14)16/h2-9,15-16,18H,10H2,1H3. The van der Waals surface area contributed by atoms with Gasteiger partial charge in [0, 0.05) is 13.3 Å². The van der Waals surface area contributed by atoms with E-state index in [0.29, 0.717) is 6.23 Å². The second-order valence-electron chi connectivity index (χ2n) is 4.13. The zero-order valence-corrected chi connectivity index (χ0v) is 11.4. The Morgan fingerprint density at radius 2 is 1.33 bits per heavy atom. The summed E-state index contributed by atoms with van der Waals surface area (Å²) < 4.78 is 5.26. The van der Waals surface area contributed by atoms with Crippen LogP contribution in [0.4, 0.5) is 0 Å². The number of ether oxygens (including phenoxy) is 1. The van der Waals surface area contributed by atoms with E-state index in [-0.39, 0.29) is 11.5 Å². The van der Waals surface area contributed by atoms with Crippen molar-refractivity contribution in [3.05, 3.63) is 48.5 Å². The van der Waals surface area contributed by atoms with E-state index in [9.17, 15) is 10.2 Å². The van der Waals surface area contributed by atoms with Crippen molar-refractivity contribution in [3.8, 4) is 11.5 Å². The summed E-state index contributed by atoms with van der Waals surface area (Å²) in [5.74, 6) is 0.545. The lowest BCUT2D eigenvalue weighted by molar-refractivity contribution is 0.250. The molecule has 2 aromatic rings. The van der Waals surface area contributed by atoms with Gasteiger partial charge < -0.3 is 14.9 Å². The molecule has 0 aliphatic heterocycles. The van der Waals surface area contributed by atoms with Gasteiger partial charge in [0.2, 0.25) is 0 Å². The molecule has 0 bridgehead atoms. The Balaban J connectivity index is 2.47. The molecule has 2 rings (SSSR count). The summed E-state index contributed by atoms with van der Waals surface area (Å²) in [4.78, 5) is 0. The molecule has 0 heterocycles. The number of rotatable bonds is 4. The van der Waals surface area contributed by atoms with Crippen molar-refractivity contribution in [2.75, 3.05) is 13.3 Å². The molecule has 3 nitrogen and oxygen atoms in total. The Bertz CT molecular complexity index is 482. The van der Waals surface area contributed by atoms with Gasteiger partial charge in [-0.25, -0.2) is 0 Å². The molecular formula is C14H16O3Si. The maximum Gasteiger partial charge on any atom is 0.140 e. The first-order chi connectivity index (χ1) is 8.74. The molecule has 2 aromatic carbocycles. The molecule has 94 valence electrons. The van der Waals surface area contributed by atoms with Gasteiger partial charge in [0.25, 0.3) is 0 Å². The Kier molecular flexibility index (Phi) is 4.02. The molecule has 0 unspecified atom stereocenters. The summed E-state index contributed by atoms with van der Waals surface area (Å²) in [6.45, 7) is 0. The van der Waals surface area contributed by atoms with Crippen LogP contribution in [-0.2, 0) is 4.74 Å². The predicted molar refractivity (Wildman–Crippen MR) is 74.5 cm³/mol. The molecule has 0 atom stereocenters. The molecule has 0 aromatic heterocycles. The van der Waals surface area contributed by atoms with Crippen LogP contribution in [-0.4, -0.2) is 32.3 Å². The van der Waals surface area contributed by atoms with Crippen molar-refractivity contribution in [3.63, 3.8) is 0 Å². The van der Waals surface area contributed by atoms with E-state index in [0.717, 1.165) is 10.4 Å². The lowest BCUT2D eigenvalue weighted by Crippen LogP contribution is -2.46. The minimum absolute atomic E-state index is 0.273. The fraction of sp³-hybridized carbons (Fsp3) is 0.143. The minimum Gasteiger partial charge on any atom is -0.508 e. The number of hydrogen-bond donors (Lipinski definition) is 2. The number of phenols is 2. The third-order valence-corrected chi connectivity index (χ3v) is 6.10. The number of phenolic OH excluding ortho intramolecular Hbond substituents is 2. The third kappa shape index (κ3) is 2.55. The van der Waals surface area contributed by atoms with Crippen molar-refractivity contribution < 1.29 is 14.9 Å². The molecule has 2 N–H and O–H groups in total. The second kappa shape index (κ2) is 5.71. The van der Waals surface area contributed by atoms with Gasteiger partial charge in [-0.3, -0.25) is 0 Å². The molecule has 0 radical (unpaired) electrons. The summed E-state index contributed by atoms with van der Waals surface area (Å²) in [7, 11) is -0.112. The normalized spacial score (nSPS) is 10.8. The molecule has 0 saturated heterocycles. The van der Waals surface area contributed by atoms with Crippen LogP contribution in [0.15, 0.2) is 48.5 Å². The number of para-hydroxylation sites is 2. The van der Waals surface area contributed by atoms with Crippen molar-refractivity contribution in [1.82, 2.24) is 0 Å². The average Bonchev–Trinajstić information content (AvgIpc) is 2.38. The molecule has 18 heavy (non-hydrogen) atoms. The minimum atomic E-state index is -1.75. The maximum atomic E-state index is 9.96. The van der Waals surface area contributed by atoms with Gasteiger partial charge in [0.05, 0.1) is 0 Å². The van der Waals surface area contributed by atoms with Gasteiger partial charge in [0.15, 0.2) is 0 Å². The summed E-state index contributed by atoms with van der Waals surface area (Å²) >= 11 is 0. The van der Waals surface area contributed by atoms with Crippen LogP contribution >= 0.6 is 0 Å². The van der Waals surface area contributed by atoms with Crippen LogP contribution in [0.1, 0.15) is 0 Å². The summed E-state index contributed by atoms with van der Waals surface area (Å²) in [5, 5.41) is 21.7. The lowest BCUT2D eigenvalue weighted by Gasteiger charge is -2.17. The van der Waals surface area contributed by atoms with Gasteiger partial charge in [-0.05, 0) is 22.5 Å². The van der Waals surface area contributed by atoms with Crippen molar-refractivity contribution >= 4 is 19.2 Å². The van der Waals surface area contributed by atoms with E-state index in [1.54, 1.807) is 31.4 Å². The van der Waals surface area contributed by atoms with Crippen LogP contribution < -0.4 is 10.4 Å². The van der Waals surface area contributed by atoms with Crippen LogP contribution in [0.5, 0.6) is 11.5 Å². The smallest absolute Gasteiger partial charge is 0.140 e. The fourth-order valence-electron chi connectivity index (χ4n) is 2.08. The second-order valence-corrected chi connectivity index (χ2v) is 6.81. The SMILES string of the molecule is COC[SiH](c1ccccc1O)c1ccccc1O. The number of aromatic hydroxyl groups is 2. The lowest BCUT2D eigenvalue weighted by atomic mass is 10.3. The molecule has 0 spiro atoms. The Morgan fingerprint density at radius 3 is 1.72 bits per heavy atom. The Hall–Kier alpha value is -1.78. The van der Waals surface area contributed by atoms with Crippen molar-refractivity contribution in [1.29, 1.82) is 0 Å². The summed E-state index contributed by atoms with van der Waals surface area (Å²) in [6.07, 6.45) is 0.537. The highest BCUT2D eigenvalue weighted by atomic mass is 28.3. The molecule has 0 aliphatic rings. The monoisotopic (exact) mass is 260 g/mol. The Labute approximate surface area is 108 Å². The highest BCUT2D eigenvalue weighted by Crippen LogP contribution is 2.10. The number of benzene rings is 2. The van der Waals surface area contributed by atoms with E-state index in [1.165, 1.54) is 0 Å². The van der Waals surface area contributed by atoms with Crippen LogP contribution in [0.3, 0.4) is 0 Å². The van der Waals surface area contributed by atoms with Crippen LogP contribution in [0, 0.1) is 0 Å². The largest absolute Gasteiger partial charge is 0.508 e. The van der Waals surface area contributed by atoms with Gasteiger partial charge >= 0.3 is 0 Å². The highest BCUT2D eigenvalue weighted by molar-refractivity contribution is 6.86. The first-order valence-corrected chi connectivity index (χ1v) is 7.76. The van der Waals surface area contributed by atoms with Crippen LogP contribution in [0.2, 0.25) is 0 Å². The third-order valence-electron chi connectivity index (χ3n) is 2.96. The maximum absolute atomic E-state index is 9.96. The van der Waals surface area contributed by atoms with E-state index in [1.807, 2.05) is 24.3 Å². The van der Waals surface area contributed by atoms with Gasteiger partial charge in [-0.15, -0.1) is 0 Å². The van der Waals surface area contributed by atoms with Gasteiger partial charge in [0.1, 0.15) is 20.3 Å². The molecule has 0 fully saturated rings. The van der Waals surface area contributed by atoms with E-state index in [2.05, 4.69) is 0 Å². The topological polar surface area (TPSA) is 49.7 Å². The van der Waals surface area contributed by atoms with Crippen molar-refractivity contribution in [2.24, 2.45) is 0 Å². The van der Waals surface area contributed by atoms with E-state index < -0.39 is 8.80 Å². The zero-order valence-electron chi connectivity index (χ0n) is 10.2. The molecular weight excluding hydrogens is 244 g/mol. The molecule has 4 heteroatoms. The van der Waals surface area contributed by atoms with E-state index in [4.69, 9.17) is 4.74 Å². The predicted octanol–water partition coefficient (Wildman–Crippen LogP) is 0.625. The average molecular weight is 260 g/mol. The number of methoxy groups -OCH3 is 1. The quantitative estimate of drug-likeness (QED) is 0.793. The van der Waals surface area contributed by atoms with Gasteiger partial charge in [-0.1, -0.05) is 36.4 Å². The first kappa shape index (κ1) is 12.7. The van der Waals surface area contributed by atoms with Crippen LogP contribution in [0.25, 0.3) is 0 Å². The van der Waals surface area contributed by atoms with Gasteiger partial charge in [-0.2, -0.15) is 0 Å². The van der Waals surface area contributed by atoms with Crippen molar-refractivity contribution in [2.45, 2.75) is 0 Å². The highest BCUT2D eigenvalue weighted by Gasteiger charge is 2.21. The molecule has 0 amide bonds. The Morgan fingerprint density at radius 1 is 0.889 bits per heavy atom.